The van der Waals surface area contributed by atoms with Gasteiger partial charge < -0.3 is 15.7 Å². The number of rotatable bonds is 7. The molecule has 1 unspecified atom stereocenters. The van der Waals surface area contributed by atoms with Crippen LogP contribution in [0.3, 0.4) is 0 Å². The van der Waals surface area contributed by atoms with E-state index in [9.17, 15) is 9.90 Å². The third-order valence-corrected chi connectivity index (χ3v) is 3.33. The van der Waals surface area contributed by atoms with Crippen LogP contribution in [0.5, 0.6) is 0 Å². The van der Waals surface area contributed by atoms with Gasteiger partial charge in [0.05, 0.1) is 0 Å². The molecule has 116 valence electrons. The first-order valence-corrected chi connectivity index (χ1v) is 7.34. The van der Waals surface area contributed by atoms with Gasteiger partial charge in [0.25, 0.3) is 0 Å². The van der Waals surface area contributed by atoms with Gasteiger partial charge in [-0.15, -0.1) is 0 Å². The summed E-state index contributed by atoms with van der Waals surface area (Å²) >= 11 is 0. The molecule has 0 radical (unpaired) electrons. The minimum atomic E-state index is -0.233. The molecule has 0 spiro atoms. The largest absolute Gasteiger partial charge is 0.396 e. The normalized spacial score (nSPS) is 11.7. The summed E-state index contributed by atoms with van der Waals surface area (Å²) in [5.41, 5.74) is 1.96. The predicted molar refractivity (Wildman–Crippen MR) is 85.2 cm³/mol. The summed E-state index contributed by atoms with van der Waals surface area (Å²) in [6.45, 7) is 0.903. The van der Waals surface area contributed by atoms with Crippen molar-refractivity contribution in [3.8, 4) is 0 Å². The number of aliphatic hydroxyl groups is 1. The zero-order chi connectivity index (χ0) is 15.6. The van der Waals surface area contributed by atoms with E-state index in [4.69, 9.17) is 0 Å². The molecule has 1 heterocycles. The summed E-state index contributed by atoms with van der Waals surface area (Å²) in [6.07, 6.45) is 2.36. The Balaban J connectivity index is 1.72. The van der Waals surface area contributed by atoms with E-state index in [2.05, 4.69) is 15.6 Å². The Hall–Kier alpha value is -2.40. The van der Waals surface area contributed by atoms with Gasteiger partial charge in [-0.2, -0.15) is 0 Å². The zero-order valence-corrected chi connectivity index (χ0v) is 12.4. The first kappa shape index (κ1) is 16.0. The quantitative estimate of drug-likeness (QED) is 0.729. The summed E-state index contributed by atoms with van der Waals surface area (Å²) in [4.78, 5) is 16.0. The minimum absolute atomic E-state index is 0.00946. The van der Waals surface area contributed by atoms with E-state index in [1.165, 1.54) is 0 Å². The van der Waals surface area contributed by atoms with Crippen molar-refractivity contribution in [2.45, 2.75) is 13.0 Å². The highest BCUT2D eigenvalue weighted by molar-refractivity contribution is 5.73. The number of urea groups is 1. The van der Waals surface area contributed by atoms with Crippen LogP contribution in [0, 0.1) is 5.92 Å². The molecule has 1 aromatic heterocycles. The van der Waals surface area contributed by atoms with Crippen LogP contribution in [0.1, 0.15) is 11.3 Å². The molecule has 2 aromatic rings. The van der Waals surface area contributed by atoms with Crippen LogP contribution in [0.25, 0.3) is 0 Å². The van der Waals surface area contributed by atoms with Crippen molar-refractivity contribution in [2.75, 3.05) is 13.2 Å². The van der Waals surface area contributed by atoms with Crippen LogP contribution in [0.4, 0.5) is 4.79 Å². The number of carbonyl (C=O) groups is 1. The molecule has 22 heavy (non-hydrogen) atoms. The Bertz CT molecular complexity index is 561. The Morgan fingerprint density at radius 1 is 1.09 bits per heavy atom. The molecule has 5 nitrogen and oxygen atoms in total. The number of aliphatic hydroxyl groups excluding tert-OH is 1. The number of aromatic nitrogens is 1. The lowest BCUT2D eigenvalue weighted by Gasteiger charge is -2.15. The highest BCUT2D eigenvalue weighted by Gasteiger charge is 2.11. The molecule has 0 bridgehead atoms. The minimum Gasteiger partial charge on any atom is -0.396 e. The molecule has 2 amide bonds. The predicted octanol–water partition coefficient (Wildman–Crippen LogP) is 1.73. The summed E-state index contributed by atoms with van der Waals surface area (Å²) < 4.78 is 0. The third kappa shape index (κ3) is 5.54. The van der Waals surface area contributed by atoms with E-state index in [0.29, 0.717) is 19.5 Å². The second-order valence-electron chi connectivity index (χ2n) is 5.12. The fourth-order valence-electron chi connectivity index (χ4n) is 2.09. The standard InChI is InChI=1S/C17H21N3O2/c21-13-15(10-16-8-4-5-9-18-16)12-20-17(22)19-11-14-6-2-1-3-7-14/h1-9,15,21H,10-13H2,(H2,19,20,22). The van der Waals surface area contributed by atoms with Crippen LogP contribution >= 0.6 is 0 Å². The number of benzene rings is 1. The fraction of sp³-hybridized carbons (Fsp3) is 0.294. The molecule has 5 heteroatoms. The van der Waals surface area contributed by atoms with E-state index in [1.54, 1.807) is 6.20 Å². The van der Waals surface area contributed by atoms with E-state index in [0.717, 1.165) is 11.3 Å². The van der Waals surface area contributed by atoms with Crippen molar-refractivity contribution in [3.63, 3.8) is 0 Å². The average Bonchev–Trinajstić information content (AvgIpc) is 2.58. The fourth-order valence-corrected chi connectivity index (χ4v) is 2.09. The maximum absolute atomic E-state index is 11.8. The van der Waals surface area contributed by atoms with E-state index < -0.39 is 0 Å². The topological polar surface area (TPSA) is 74.2 Å². The number of hydrogen-bond acceptors (Lipinski definition) is 3. The second-order valence-corrected chi connectivity index (χ2v) is 5.12. The first-order chi connectivity index (χ1) is 10.8. The van der Waals surface area contributed by atoms with Gasteiger partial charge in [-0.25, -0.2) is 4.79 Å². The molecule has 1 aromatic carbocycles. The van der Waals surface area contributed by atoms with Gasteiger partial charge in [-0.1, -0.05) is 36.4 Å². The molecular weight excluding hydrogens is 278 g/mol. The van der Waals surface area contributed by atoms with Crippen molar-refractivity contribution in [1.29, 1.82) is 0 Å². The van der Waals surface area contributed by atoms with Crippen LogP contribution in [-0.4, -0.2) is 29.3 Å². The summed E-state index contributed by atoms with van der Waals surface area (Å²) in [7, 11) is 0. The van der Waals surface area contributed by atoms with Crippen LogP contribution in [0.2, 0.25) is 0 Å². The van der Waals surface area contributed by atoms with Gasteiger partial charge in [-0.05, 0) is 24.1 Å². The highest BCUT2D eigenvalue weighted by atomic mass is 16.3. The summed E-state index contributed by atoms with van der Waals surface area (Å²) in [5, 5.41) is 15.0. The number of nitrogens with zero attached hydrogens (tertiary/aromatic N) is 1. The molecule has 0 fully saturated rings. The molecular formula is C17H21N3O2. The Morgan fingerprint density at radius 2 is 1.86 bits per heavy atom. The van der Waals surface area contributed by atoms with Crippen LogP contribution in [0.15, 0.2) is 54.7 Å². The molecule has 0 aliphatic rings. The molecule has 0 saturated heterocycles. The number of nitrogens with one attached hydrogen (secondary N) is 2. The van der Waals surface area contributed by atoms with Gasteiger partial charge in [0.2, 0.25) is 0 Å². The average molecular weight is 299 g/mol. The van der Waals surface area contributed by atoms with Gasteiger partial charge in [0.1, 0.15) is 0 Å². The SMILES string of the molecule is O=C(NCc1ccccc1)NCC(CO)Cc1ccccn1. The Kier molecular flexibility index (Phi) is 6.39. The zero-order valence-electron chi connectivity index (χ0n) is 12.4. The lowest BCUT2D eigenvalue weighted by molar-refractivity contribution is 0.213. The number of hydrogen-bond donors (Lipinski definition) is 3. The lowest BCUT2D eigenvalue weighted by atomic mass is 10.0. The van der Waals surface area contributed by atoms with E-state index in [-0.39, 0.29) is 18.6 Å². The number of carbonyl (C=O) groups excluding carboxylic acids is 1. The molecule has 0 aliphatic heterocycles. The Morgan fingerprint density at radius 3 is 2.55 bits per heavy atom. The molecule has 0 aliphatic carbocycles. The van der Waals surface area contributed by atoms with Gasteiger partial charge in [0.15, 0.2) is 0 Å². The lowest BCUT2D eigenvalue weighted by Crippen LogP contribution is -2.39. The van der Waals surface area contributed by atoms with Crippen LogP contribution in [-0.2, 0) is 13.0 Å². The molecule has 0 saturated carbocycles. The number of amides is 2. The van der Waals surface area contributed by atoms with Crippen molar-refractivity contribution in [1.82, 2.24) is 15.6 Å². The van der Waals surface area contributed by atoms with Crippen molar-refractivity contribution >= 4 is 6.03 Å². The van der Waals surface area contributed by atoms with Crippen molar-refractivity contribution in [3.05, 3.63) is 66.0 Å². The summed E-state index contributed by atoms with van der Waals surface area (Å²) in [6, 6.07) is 15.2. The van der Waals surface area contributed by atoms with Gasteiger partial charge in [0, 0.05) is 37.5 Å². The highest BCUT2D eigenvalue weighted by Crippen LogP contribution is 2.04. The van der Waals surface area contributed by atoms with Crippen molar-refractivity contribution in [2.24, 2.45) is 5.92 Å². The third-order valence-electron chi connectivity index (χ3n) is 3.33. The maximum Gasteiger partial charge on any atom is 0.315 e. The monoisotopic (exact) mass is 299 g/mol. The summed E-state index contributed by atoms with van der Waals surface area (Å²) in [5.74, 6) is -0.0441. The molecule has 1 atom stereocenters. The number of pyridine rings is 1. The van der Waals surface area contributed by atoms with Gasteiger partial charge >= 0.3 is 6.03 Å². The van der Waals surface area contributed by atoms with Crippen LogP contribution < -0.4 is 10.6 Å². The smallest absolute Gasteiger partial charge is 0.315 e. The second kappa shape index (κ2) is 8.79. The van der Waals surface area contributed by atoms with Gasteiger partial charge in [-0.3, -0.25) is 4.98 Å². The molecule has 2 rings (SSSR count). The van der Waals surface area contributed by atoms with Crippen molar-refractivity contribution < 1.29 is 9.90 Å². The van der Waals surface area contributed by atoms with E-state index in [1.807, 2.05) is 48.5 Å². The van der Waals surface area contributed by atoms with E-state index >= 15 is 0 Å². The maximum atomic E-state index is 11.8. The molecule has 3 N–H and O–H groups in total. The first-order valence-electron chi connectivity index (χ1n) is 7.34. The Labute approximate surface area is 130 Å².